The Balaban J connectivity index is 5.16. The van der Waals surface area contributed by atoms with Crippen molar-refractivity contribution in [2.75, 3.05) is 39.6 Å². The molecule has 3 N–H and O–H groups in total. The highest BCUT2D eigenvalue weighted by atomic mass is 31.2. The highest BCUT2D eigenvalue weighted by Crippen LogP contribution is 2.45. The molecule has 0 spiro atoms. The zero-order chi connectivity index (χ0) is 67.2. The Morgan fingerprint density at radius 3 is 0.835 bits per heavy atom. The summed E-state index contributed by atoms with van der Waals surface area (Å²) in [6.07, 6.45) is 50.2. The number of unbranched alkanes of at least 4 members (excludes halogenated alkanes) is 40. The largest absolute Gasteiger partial charge is 0.472 e. The molecule has 0 aromatic carbocycles. The van der Waals surface area contributed by atoms with Crippen molar-refractivity contribution in [3.63, 3.8) is 0 Å². The Morgan fingerprint density at radius 1 is 0.319 bits per heavy atom. The Hall–Kier alpha value is -1.94. The van der Waals surface area contributed by atoms with E-state index in [0.29, 0.717) is 25.7 Å². The quantitative estimate of drug-likeness (QED) is 0.0222. The van der Waals surface area contributed by atoms with Gasteiger partial charge in [0.25, 0.3) is 0 Å². The maximum absolute atomic E-state index is 13.0. The number of ether oxygens (including phenoxy) is 4. The van der Waals surface area contributed by atoms with Gasteiger partial charge in [0, 0.05) is 25.7 Å². The summed E-state index contributed by atoms with van der Waals surface area (Å²) < 4.78 is 68.2. The number of rotatable bonds is 71. The van der Waals surface area contributed by atoms with Gasteiger partial charge in [-0.25, -0.2) is 9.13 Å². The van der Waals surface area contributed by atoms with Crippen molar-refractivity contribution in [1.82, 2.24) is 0 Å². The first-order valence-corrected chi connectivity index (χ1v) is 40.5. The molecule has 0 fully saturated rings. The van der Waals surface area contributed by atoms with Crippen molar-refractivity contribution in [3.05, 3.63) is 0 Å². The third-order valence-corrected chi connectivity index (χ3v) is 19.0. The van der Waals surface area contributed by atoms with Crippen LogP contribution in [0.4, 0.5) is 0 Å². The Bertz CT molecular complexity index is 1770. The molecule has 0 aliphatic rings. The van der Waals surface area contributed by atoms with Gasteiger partial charge in [0.2, 0.25) is 0 Å². The van der Waals surface area contributed by atoms with Crippen LogP contribution in [0.3, 0.4) is 0 Å². The first kappa shape index (κ1) is 89.1. The molecule has 0 saturated heterocycles. The van der Waals surface area contributed by atoms with Crippen molar-refractivity contribution < 1.29 is 80.2 Å². The molecule has 540 valence electrons. The minimum absolute atomic E-state index is 0.105. The fourth-order valence-electron chi connectivity index (χ4n) is 10.9. The van der Waals surface area contributed by atoms with E-state index in [1.54, 1.807) is 0 Å². The number of aliphatic hydroxyl groups is 1. The fraction of sp³-hybridized carbons (Fsp3) is 0.944. The second-order valence-electron chi connectivity index (χ2n) is 26.7. The first-order valence-electron chi connectivity index (χ1n) is 37.5. The number of carbonyl (C=O) groups is 4. The van der Waals surface area contributed by atoms with E-state index in [1.807, 2.05) is 0 Å². The van der Waals surface area contributed by atoms with Crippen LogP contribution in [0.15, 0.2) is 0 Å². The van der Waals surface area contributed by atoms with Crippen molar-refractivity contribution in [1.29, 1.82) is 0 Å². The summed E-state index contributed by atoms with van der Waals surface area (Å²) in [4.78, 5) is 72.4. The number of carbonyl (C=O) groups excluding carboxylic acids is 4. The molecule has 0 amide bonds. The van der Waals surface area contributed by atoms with Crippen LogP contribution in [-0.4, -0.2) is 96.7 Å². The maximum atomic E-state index is 13.0. The molecule has 0 heterocycles. The van der Waals surface area contributed by atoms with Crippen LogP contribution < -0.4 is 0 Å². The number of esters is 4. The maximum Gasteiger partial charge on any atom is 0.472 e. The Morgan fingerprint density at radius 2 is 0.560 bits per heavy atom. The SMILES string of the molecule is CCCCCCCCCCCCCCCCCCCC(=O)O[C@H](COC(=O)CCCCCCCCCCCCCCC(C)C)COP(=O)(O)OC[C@@H](O)COP(=O)(O)OC[C@@H](COC(=O)CCCCCCC)OC(=O)CCCCCCCCCCCCC(C)CC. The molecule has 0 rings (SSSR count). The van der Waals surface area contributed by atoms with Gasteiger partial charge in [-0.15, -0.1) is 0 Å². The molecule has 6 atom stereocenters. The number of phosphoric acid groups is 2. The van der Waals surface area contributed by atoms with Crippen molar-refractivity contribution in [2.45, 2.75) is 387 Å². The summed E-state index contributed by atoms with van der Waals surface area (Å²) in [6, 6.07) is 0. The van der Waals surface area contributed by atoms with Gasteiger partial charge >= 0.3 is 39.5 Å². The number of aliphatic hydroxyl groups excluding tert-OH is 1. The van der Waals surface area contributed by atoms with Gasteiger partial charge in [0.15, 0.2) is 12.2 Å². The van der Waals surface area contributed by atoms with E-state index in [1.165, 1.54) is 180 Å². The lowest BCUT2D eigenvalue weighted by atomic mass is 9.99. The van der Waals surface area contributed by atoms with Crippen molar-refractivity contribution in [2.24, 2.45) is 11.8 Å². The van der Waals surface area contributed by atoms with Gasteiger partial charge in [-0.05, 0) is 37.5 Å². The van der Waals surface area contributed by atoms with E-state index < -0.39 is 97.5 Å². The van der Waals surface area contributed by atoms with Crippen LogP contribution in [0.25, 0.3) is 0 Å². The number of phosphoric ester groups is 2. The summed E-state index contributed by atoms with van der Waals surface area (Å²) in [5.41, 5.74) is 0. The lowest BCUT2D eigenvalue weighted by Gasteiger charge is -2.21. The normalized spacial score (nSPS) is 14.4. The van der Waals surface area contributed by atoms with E-state index in [4.69, 9.17) is 37.0 Å². The molecule has 91 heavy (non-hydrogen) atoms. The summed E-state index contributed by atoms with van der Waals surface area (Å²) in [6.45, 7) is 9.52. The molecule has 0 aromatic rings. The zero-order valence-electron chi connectivity index (χ0n) is 59.1. The van der Waals surface area contributed by atoms with Gasteiger partial charge in [-0.3, -0.25) is 37.3 Å². The molecule has 3 unspecified atom stereocenters. The van der Waals surface area contributed by atoms with Crippen LogP contribution in [0, 0.1) is 11.8 Å². The summed E-state index contributed by atoms with van der Waals surface area (Å²) in [5.74, 6) is -0.546. The molecule has 0 aliphatic heterocycles. The second kappa shape index (κ2) is 64.1. The van der Waals surface area contributed by atoms with Gasteiger partial charge in [-0.1, -0.05) is 318 Å². The van der Waals surface area contributed by atoms with Crippen molar-refractivity contribution >= 4 is 39.5 Å². The van der Waals surface area contributed by atoms with E-state index in [-0.39, 0.29) is 25.7 Å². The van der Waals surface area contributed by atoms with E-state index >= 15 is 0 Å². The standard InChI is InChI=1S/C72H140O17P2/c1-7-10-12-14-15-16-17-18-19-20-21-22-27-33-38-44-50-56-72(77)89-68(61-83-70(75)55-49-43-37-32-26-24-23-25-30-35-41-46-52-64(4)5)63-87-91(80,81)85-59-66(73)58-84-90(78,79)86-62-67(60-82-69(74)54-48-40-13-11-8-2)88-71(76)57-51-45-39-34-29-28-31-36-42-47-53-65(6)9-3/h64-68,73H,7-63H2,1-6H3,(H,78,79)(H,80,81)/t65?,66-,67+,68+/m0/s1. The highest BCUT2D eigenvalue weighted by Gasteiger charge is 2.30. The summed E-state index contributed by atoms with van der Waals surface area (Å²) >= 11 is 0. The lowest BCUT2D eigenvalue weighted by molar-refractivity contribution is -0.161. The van der Waals surface area contributed by atoms with Gasteiger partial charge in [-0.2, -0.15) is 0 Å². The summed E-state index contributed by atoms with van der Waals surface area (Å²) in [7, 11) is -9.90. The van der Waals surface area contributed by atoms with Crippen LogP contribution in [0.2, 0.25) is 0 Å². The molecule has 0 saturated carbocycles. The molecule has 0 aromatic heterocycles. The third kappa shape index (κ3) is 65.1. The average Bonchev–Trinajstić information content (AvgIpc) is 3.66. The summed E-state index contributed by atoms with van der Waals surface area (Å²) in [5, 5.41) is 10.6. The molecule has 0 radical (unpaired) electrons. The zero-order valence-corrected chi connectivity index (χ0v) is 60.9. The van der Waals surface area contributed by atoms with Crippen molar-refractivity contribution in [3.8, 4) is 0 Å². The van der Waals surface area contributed by atoms with Crippen LogP contribution in [0.1, 0.15) is 369 Å². The van der Waals surface area contributed by atoms with Gasteiger partial charge < -0.3 is 33.8 Å². The molecule has 0 bridgehead atoms. The van der Waals surface area contributed by atoms with Crippen LogP contribution in [-0.2, 0) is 65.4 Å². The van der Waals surface area contributed by atoms with E-state index in [9.17, 15) is 43.2 Å². The lowest BCUT2D eigenvalue weighted by Crippen LogP contribution is -2.30. The number of hydrogen-bond acceptors (Lipinski definition) is 15. The first-order chi connectivity index (χ1) is 43.9. The van der Waals surface area contributed by atoms with E-state index in [0.717, 1.165) is 108 Å². The molecular formula is C72H140O17P2. The minimum atomic E-state index is -4.95. The molecular weight excluding hydrogens is 1200 g/mol. The predicted molar refractivity (Wildman–Crippen MR) is 368 cm³/mol. The molecule has 17 nitrogen and oxygen atoms in total. The predicted octanol–water partition coefficient (Wildman–Crippen LogP) is 20.8. The van der Waals surface area contributed by atoms with Gasteiger partial charge in [0.1, 0.15) is 19.3 Å². The third-order valence-electron chi connectivity index (χ3n) is 17.1. The van der Waals surface area contributed by atoms with Crippen LogP contribution in [0.5, 0.6) is 0 Å². The monoisotopic (exact) mass is 1340 g/mol. The smallest absolute Gasteiger partial charge is 0.462 e. The molecule has 19 heteroatoms. The Kier molecular flexibility index (Phi) is 62.7. The highest BCUT2D eigenvalue weighted by molar-refractivity contribution is 7.47. The fourth-order valence-corrected chi connectivity index (χ4v) is 12.5. The topological polar surface area (TPSA) is 237 Å². The van der Waals surface area contributed by atoms with Crippen LogP contribution >= 0.6 is 15.6 Å². The second-order valence-corrected chi connectivity index (χ2v) is 29.6. The number of hydrogen-bond donors (Lipinski definition) is 3. The molecule has 0 aliphatic carbocycles. The Labute approximate surface area is 556 Å². The average molecular weight is 1340 g/mol. The van der Waals surface area contributed by atoms with E-state index in [2.05, 4.69) is 41.5 Å². The minimum Gasteiger partial charge on any atom is -0.462 e. The van der Waals surface area contributed by atoms with Gasteiger partial charge in [0.05, 0.1) is 26.4 Å².